The van der Waals surface area contributed by atoms with Gasteiger partial charge in [-0.3, -0.25) is 9.52 Å². The third-order valence-electron chi connectivity index (χ3n) is 4.11. The van der Waals surface area contributed by atoms with Gasteiger partial charge in [-0.2, -0.15) is 17.6 Å². The first-order valence-electron chi connectivity index (χ1n) is 7.85. The first-order valence-corrected chi connectivity index (χ1v) is 9.71. The van der Waals surface area contributed by atoms with Gasteiger partial charge in [-0.15, -0.1) is 0 Å². The summed E-state index contributed by atoms with van der Waals surface area (Å²) < 4.78 is 80.6. The van der Waals surface area contributed by atoms with E-state index in [4.69, 9.17) is 11.6 Å². The van der Waals surface area contributed by atoms with E-state index in [2.05, 4.69) is 4.72 Å². The zero-order chi connectivity index (χ0) is 20.7. The van der Waals surface area contributed by atoms with E-state index in [0.717, 1.165) is 12.1 Å². The van der Waals surface area contributed by atoms with Gasteiger partial charge in [0.1, 0.15) is 0 Å². The molecule has 3 rings (SSSR count). The molecule has 1 heterocycles. The second-order valence-corrected chi connectivity index (χ2v) is 8.27. The zero-order valence-electron chi connectivity index (χ0n) is 14.0. The lowest BCUT2D eigenvalue weighted by atomic mass is 10.2. The highest BCUT2D eigenvalue weighted by atomic mass is 35.5. The molecule has 2 aromatic carbocycles. The maximum atomic E-state index is 13.3. The van der Waals surface area contributed by atoms with Gasteiger partial charge >= 0.3 is 11.8 Å². The van der Waals surface area contributed by atoms with Gasteiger partial charge in [0.15, 0.2) is 0 Å². The van der Waals surface area contributed by atoms with Crippen molar-refractivity contribution in [3.63, 3.8) is 0 Å². The average molecular weight is 437 g/mol. The summed E-state index contributed by atoms with van der Waals surface area (Å²) in [5.41, 5.74) is -0.213. The molecule has 0 radical (unpaired) electrons. The molecule has 1 aliphatic heterocycles. The summed E-state index contributed by atoms with van der Waals surface area (Å²) in [7, 11) is -4.16. The predicted octanol–water partition coefficient (Wildman–Crippen LogP) is 3.87. The number of amides is 1. The maximum Gasteiger partial charge on any atom is 0.329 e. The number of carbonyl (C=O) groups is 1. The average Bonchev–Trinajstić information content (AvgIpc) is 2.84. The van der Waals surface area contributed by atoms with Crippen LogP contribution in [0.15, 0.2) is 53.4 Å². The number of rotatable bonds is 4. The normalized spacial score (nSPS) is 18.1. The first kappa shape index (κ1) is 20.4. The Kier molecular flexibility index (Phi) is 5.05. The van der Waals surface area contributed by atoms with Crippen LogP contribution in [0.25, 0.3) is 0 Å². The van der Waals surface area contributed by atoms with Gasteiger partial charge in [0, 0.05) is 5.56 Å². The molecule has 0 unspecified atom stereocenters. The van der Waals surface area contributed by atoms with Crippen LogP contribution >= 0.6 is 11.6 Å². The van der Waals surface area contributed by atoms with E-state index in [1.807, 2.05) is 0 Å². The van der Waals surface area contributed by atoms with Gasteiger partial charge in [-0.1, -0.05) is 29.8 Å². The highest BCUT2D eigenvalue weighted by molar-refractivity contribution is 7.92. The third kappa shape index (κ3) is 3.79. The molecular formula is C17H13ClF4N2O3S. The summed E-state index contributed by atoms with van der Waals surface area (Å²) in [4.78, 5) is 12.3. The number of likely N-dealkylation sites (tertiary alicyclic amines) is 1. The van der Waals surface area contributed by atoms with Crippen molar-refractivity contribution in [2.75, 3.05) is 17.8 Å². The summed E-state index contributed by atoms with van der Waals surface area (Å²) in [5, 5.41) is 0.139. The summed E-state index contributed by atoms with van der Waals surface area (Å²) in [5.74, 6) is -9.82. The number of anilines is 1. The third-order valence-corrected chi connectivity index (χ3v) is 5.80. The quantitative estimate of drug-likeness (QED) is 0.740. The number of alkyl halides is 4. The molecule has 0 atom stereocenters. The molecule has 0 spiro atoms. The van der Waals surface area contributed by atoms with Gasteiger partial charge in [-0.25, -0.2) is 8.42 Å². The Morgan fingerprint density at radius 1 is 1.00 bits per heavy atom. The predicted molar refractivity (Wildman–Crippen MR) is 94.5 cm³/mol. The van der Waals surface area contributed by atoms with Crippen LogP contribution in [0.1, 0.15) is 10.4 Å². The fourth-order valence-electron chi connectivity index (χ4n) is 2.64. The minimum Gasteiger partial charge on any atom is -0.326 e. The first-order chi connectivity index (χ1) is 12.9. The van der Waals surface area contributed by atoms with Gasteiger partial charge in [0.2, 0.25) is 0 Å². The van der Waals surface area contributed by atoms with E-state index in [1.54, 1.807) is 12.1 Å². The maximum absolute atomic E-state index is 13.3. The number of nitrogens with zero attached hydrogens (tertiary/aromatic N) is 1. The van der Waals surface area contributed by atoms with Crippen molar-refractivity contribution in [1.82, 2.24) is 4.90 Å². The van der Waals surface area contributed by atoms with Gasteiger partial charge in [-0.05, 0) is 30.3 Å². The lowest BCUT2D eigenvalue weighted by molar-refractivity contribution is -0.172. The number of nitrogens with one attached hydrogen (secondary N) is 1. The highest BCUT2D eigenvalue weighted by Crippen LogP contribution is 2.41. The van der Waals surface area contributed by atoms with Crippen LogP contribution in [-0.2, 0) is 10.0 Å². The Bertz CT molecular complexity index is 1010. The van der Waals surface area contributed by atoms with Crippen molar-refractivity contribution < 1.29 is 30.8 Å². The van der Waals surface area contributed by atoms with Crippen LogP contribution in [0.5, 0.6) is 0 Å². The van der Waals surface area contributed by atoms with Crippen LogP contribution in [0.2, 0.25) is 5.02 Å². The van der Waals surface area contributed by atoms with Crippen LogP contribution in [0, 0.1) is 0 Å². The summed E-state index contributed by atoms with van der Waals surface area (Å²) in [6, 6.07) is 10.5. The lowest BCUT2D eigenvalue weighted by Crippen LogP contribution is -2.38. The molecule has 150 valence electrons. The van der Waals surface area contributed by atoms with E-state index < -0.39 is 40.9 Å². The number of sulfonamides is 1. The van der Waals surface area contributed by atoms with Crippen LogP contribution in [-0.4, -0.2) is 44.2 Å². The smallest absolute Gasteiger partial charge is 0.326 e. The van der Waals surface area contributed by atoms with Gasteiger partial charge in [0.25, 0.3) is 15.9 Å². The van der Waals surface area contributed by atoms with Crippen molar-refractivity contribution in [2.45, 2.75) is 16.7 Å². The minimum absolute atomic E-state index is 0.0970. The SMILES string of the molecule is O=C(c1cccc(S(=O)(=O)Nc2ccccc2Cl)c1)N1CC(F)(F)C(F)(F)C1. The monoisotopic (exact) mass is 436 g/mol. The Morgan fingerprint density at radius 2 is 1.61 bits per heavy atom. The van der Waals surface area contributed by atoms with Crippen molar-refractivity contribution in [3.05, 3.63) is 59.1 Å². The van der Waals surface area contributed by atoms with E-state index >= 15 is 0 Å². The molecule has 0 bridgehead atoms. The molecule has 0 aliphatic carbocycles. The summed E-state index contributed by atoms with van der Waals surface area (Å²) in [6.45, 7) is -2.90. The molecule has 1 amide bonds. The van der Waals surface area contributed by atoms with Gasteiger partial charge in [0.05, 0.1) is 28.7 Å². The van der Waals surface area contributed by atoms with E-state index in [-0.39, 0.29) is 21.2 Å². The topological polar surface area (TPSA) is 66.5 Å². The fourth-order valence-corrected chi connectivity index (χ4v) is 4.00. The van der Waals surface area contributed by atoms with Crippen molar-refractivity contribution in [1.29, 1.82) is 0 Å². The minimum atomic E-state index is -4.35. The van der Waals surface area contributed by atoms with Crippen molar-refractivity contribution in [2.24, 2.45) is 0 Å². The highest BCUT2D eigenvalue weighted by Gasteiger charge is 2.63. The van der Waals surface area contributed by atoms with Crippen LogP contribution < -0.4 is 4.72 Å². The molecular weight excluding hydrogens is 424 g/mol. The molecule has 11 heteroatoms. The number of hydrogen-bond acceptors (Lipinski definition) is 3. The standard InChI is InChI=1S/C17H13ClF4N2O3S/c18-13-6-1-2-7-14(13)23-28(26,27)12-5-3-4-11(8-12)15(25)24-9-16(19,20)17(21,22)10-24/h1-8,23H,9-10H2. The lowest BCUT2D eigenvalue weighted by Gasteiger charge is -2.16. The molecule has 1 saturated heterocycles. The van der Waals surface area contributed by atoms with E-state index in [1.165, 1.54) is 24.3 Å². The largest absolute Gasteiger partial charge is 0.329 e. The molecule has 5 nitrogen and oxygen atoms in total. The number of benzene rings is 2. The number of carbonyl (C=O) groups excluding carboxylic acids is 1. The van der Waals surface area contributed by atoms with Gasteiger partial charge < -0.3 is 4.90 Å². The van der Waals surface area contributed by atoms with E-state index in [0.29, 0.717) is 4.90 Å². The Balaban J connectivity index is 1.86. The Morgan fingerprint density at radius 3 is 2.21 bits per heavy atom. The summed E-state index contributed by atoms with van der Waals surface area (Å²) >= 11 is 5.91. The number of para-hydroxylation sites is 1. The molecule has 1 fully saturated rings. The molecule has 0 saturated carbocycles. The van der Waals surface area contributed by atoms with Crippen LogP contribution in [0.3, 0.4) is 0 Å². The molecule has 2 aromatic rings. The molecule has 28 heavy (non-hydrogen) atoms. The molecule has 1 aliphatic rings. The molecule has 1 N–H and O–H groups in total. The number of halogens is 5. The Labute approximate surface area is 163 Å². The van der Waals surface area contributed by atoms with E-state index in [9.17, 15) is 30.8 Å². The van der Waals surface area contributed by atoms with Crippen LogP contribution in [0.4, 0.5) is 23.2 Å². The fraction of sp³-hybridized carbons (Fsp3) is 0.235. The number of hydrogen-bond donors (Lipinski definition) is 1. The van der Waals surface area contributed by atoms with Crippen molar-refractivity contribution in [3.8, 4) is 0 Å². The summed E-state index contributed by atoms with van der Waals surface area (Å²) in [6.07, 6.45) is 0. The zero-order valence-corrected chi connectivity index (χ0v) is 15.6. The second kappa shape index (κ2) is 6.93. The second-order valence-electron chi connectivity index (χ2n) is 6.18. The Hall–Kier alpha value is -2.33. The molecule has 0 aromatic heterocycles. The van der Waals surface area contributed by atoms with Crippen molar-refractivity contribution >= 4 is 33.2 Å².